The van der Waals surface area contributed by atoms with E-state index in [1.165, 1.54) is 0 Å². The number of benzene rings is 2. The first-order valence-electron chi connectivity index (χ1n) is 10.1. The van der Waals surface area contributed by atoms with Gasteiger partial charge in [-0.2, -0.15) is 0 Å². The highest BCUT2D eigenvalue weighted by atomic mass is 16.7. The molecule has 4 N–H and O–H groups in total. The average molecular weight is 415 g/mol. The van der Waals surface area contributed by atoms with Gasteiger partial charge in [0.25, 0.3) is 5.91 Å². The van der Waals surface area contributed by atoms with Crippen LogP contribution in [0.4, 0.5) is 0 Å². The summed E-state index contributed by atoms with van der Waals surface area (Å²) in [7, 11) is 0. The Bertz CT molecular complexity index is 780. The van der Waals surface area contributed by atoms with Crippen molar-refractivity contribution < 1.29 is 24.2 Å². The fourth-order valence-corrected chi connectivity index (χ4v) is 3.04. The molecule has 0 saturated carbocycles. The number of aliphatic hydroxyl groups excluding tert-OH is 1. The van der Waals surface area contributed by atoms with Crippen LogP contribution in [0.3, 0.4) is 0 Å². The first-order valence-corrected chi connectivity index (χ1v) is 10.1. The monoisotopic (exact) mass is 414 g/mol. The van der Waals surface area contributed by atoms with E-state index in [-0.39, 0.29) is 25.7 Å². The van der Waals surface area contributed by atoms with E-state index in [0.717, 1.165) is 11.1 Å². The number of aliphatic hydroxyl groups is 1. The van der Waals surface area contributed by atoms with Crippen LogP contribution in [-0.2, 0) is 27.3 Å². The molecule has 0 aliphatic carbocycles. The van der Waals surface area contributed by atoms with E-state index in [9.17, 15) is 14.7 Å². The molecule has 0 heterocycles. The van der Waals surface area contributed by atoms with E-state index in [1.807, 2.05) is 37.3 Å². The Balaban J connectivity index is 2.18. The van der Waals surface area contributed by atoms with Crippen LogP contribution in [0.25, 0.3) is 0 Å². The number of carbonyl (C=O) groups is 2. The van der Waals surface area contributed by atoms with Gasteiger partial charge in [0.1, 0.15) is 6.79 Å². The van der Waals surface area contributed by atoms with Gasteiger partial charge in [0.2, 0.25) is 5.91 Å². The number of carbonyl (C=O) groups excluding carboxylic acids is 2. The van der Waals surface area contributed by atoms with Crippen LogP contribution in [-0.4, -0.2) is 42.5 Å². The average Bonchev–Trinajstić information content (AvgIpc) is 2.76. The van der Waals surface area contributed by atoms with Gasteiger partial charge >= 0.3 is 0 Å². The number of primary amides is 1. The van der Waals surface area contributed by atoms with Crippen molar-refractivity contribution in [3.05, 3.63) is 71.3 Å². The van der Waals surface area contributed by atoms with Gasteiger partial charge < -0.3 is 25.6 Å². The quantitative estimate of drug-likeness (QED) is 0.344. The van der Waals surface area contributed by atoms with Crippen LogP contribution in [0, 0.1) is 0 Å². The van der Waals surface area contributed by atoms with E-state index in [0.29, 0.717) is 25.0 Å². The third kappa shape index (κ3) is 7.94. The Morgan fingerprint density at radius 2 is 1.77 bits per heavy atom. The van der Waals surface area contributed by atoms with Crippen molar-refractivity contribution in [2.45, 2.75) is 44.9 Å². The fourth-order valence-electron chi connectivity index (χ4n) is 3.04. The van der Waals surface area contributed by atoms with Crippen molar-refractivity contribution in [1.29, 1.82) is 0 Å². The van der Waals surface area contributed by atoms with Gasteiger partial charge in [-0.05, 0) is 36.6 Å². The fraction of sp³-hybridized carbons (Fsp3) is 0.391. The Kier molecular flexibility index (Phi) is 10.00. The molecular weight excluding hydrogens is 384 g/mol. The van der Waals surface area contributed by atoms with E-state index in [2.05, 4.69) is 5.32 Å². The number of nitrogens with two attached hydrogens (primary N) is 1. The lowest BCUT2D eigenvalue weighted by Crippen LogP contribution is -2.46. The summed E-state index contributed by atoms with van der Waals surface area (Å²) in [5.41, 5.74) is 7.57. The van der Waals surface area contributed by atoms with Crippen LogP contribution < -0.4 is 11.1 Å². The third-order valence-corrected chi connectivity index (χ3v) is 4.72. The minimum absolute atomic E-state index is 0.0855. The minimum atomic E-state index is -0.441. The van der Waals surface area contributed by atoms with E-state index < -0.39 is 18.1 Å². The first-order chi connectivity index (χ1) is 14.5. The van der Waals surface area contributed by atoms with Crippen molar-refractivity contribution >= 4 is 11.8 Å². The molecule has 7 nitrogen and oxygen atoms in total. The summed E-state index contributed by atoms with van der Waals surface area (Å²) >= 11 is 0. The van der Waals surface area contributed by atoms with Gasteiger partial charge in [0, 0.05) is 25.0 Å². The molecule has 2 atom stereocenters. The number of hydrogen-bond acceptors (Lipinski definition) is 5. The smallest absolute Gasteiger partial charge is 0.251 e. The lowest BCUT2D eigenvalue weighted by Gasteiger charge is -2.28. The van der Waals surface area contributed by atoms with Crippen LogP contribution in [0.2, 0.25) is 0 Å². The second-order valence-electron chi connectivity index (χ2n) is 6.95. The zero-order valence-corrected chi connectivity index (χ0v) is 17.3. The molecule has 2 rings (SSSR count). The highest BCUT2D eigenvalue weighted by Gasteiger charge is 2.25. The SMILES string of the molecule is CCOCOC(Cc1ccccc1)C(CCC(N)=O)NC(=O)c1ccc(CO)cc1. The van der Waals surface area contributed by atoms with E-state index in [4.69, 9.17) is 15.2 Å². The summed E-state index contributed by atoms with van der Waals surface area (Å²) in [6, 6.07) is 16.0. The second-order valence-corrected chi connectivity index (χ2v) is 6.95. The molecule has 2 aromatic carbocycles. The molecule has 0 fully saturated rings. The molecule has 0 saturated heterocycles. The van der Waals surface area contributed by atoms with Gasteiger partial charge in [-0.15, -0.1) is 0 Å². The molecule has 0 aliphatic rings. The first kappa shape index (κ1) is 23.5. The number of amides is 2. The maximum atomic E-state index is 12.8. The van der Waals surface area contributed by atoms with Crippen molar-refractivity contribution in [1.82, 2.24) is 5.32 Å². The molecular formula is C23H30N2O5. The predicted octanol–water partition coefficient (Wildman–Crippen LogP) is 2.16. The Morgan fingerprint density at radius 3 is 2.37 bits per heavy atom. The summed E-state index contributed by atoms with van der Waals surface area (Å²) < 4.78 is 11.3. The zero-order valence-electron chi connectivity index (χ0n) is 17.3. The number of hydrogen-bond donors (Lipinski definition) is 3. The topological polar surface area (TPSA) is 111 Å². The van der Waals surface area contributed by atoms with Gasteiger partial charge in [0.15, 0.2) is 0 Å². The predicted molar refractivity (Wildman–Crippen MR) is 114 cm³/mol. The van der Waals surface area contributed by atoms with Crippen molar-refractivity contribution in [2.24, 2.45) is 5.73 Å². The molecule has 0 aliphatic heterocycles. The molecule has 162 valence electrons. The van der Waals surface area contributed by atoms with Crippen LogP contribution in [0.1, 0.15) is 41.3 Å². The van der Waals surface area contributed by atoms with Gasteiger partial charge in [0.05, 0.1) is 18.8 Å². The normalized spacial score (nSPS) is 12.9. The maximum absolute atomic E-state index is 12.8. The molecule has 2 unspecified atom stereocenters. The molecule has 2 amide bonds. The van der Waals surface area contributed by atoms with Gasteiger partial charge in [-0.3, -0.25) is 9.59 Å². The van der Waals surface area contributed by atoms with Crippen LogP contribution in [0.5, 0.6) is 0 Å². The van der Waals surface area contributed by atoms with E-state index in [1.54, 1.807) is 24.3 Å². The lowest BCUT2D eigenvalue weighted by atomic mass is 9.97. The summed E-state index contributed by atoms with van der Waals surface area (Å²) in [5, 5.41) is 12.2. The molecule has 7 heteroatoms. The summed E-state index contributed by atoms with van der Waals surface area (Å²) in [6.45, 7) is 2.38. The van der Waals surface area contributed by atoms with Crippen molar-refractivity contribution in [2.75, 3.05) is 13.4 Å². The standard InChI is InChI=1S/C23H30N2O5/c1-2-29-16-30-21(14-17-6-4-3-5-7-17)20(12-13-22(24)27)25-23(28)19-10-8-18(15-26)9-11-19/h3-11,20-21,26H,2,12-16H2,1H3,(H2,24,27)(H,25,28). The molecule has 0 bridgehead atoms. The van der Waals surface area contributed by atoms with Crippen molar-refractivity contribution in [3.63, 3.8) is 0 Å². The third-order valence-electron chi connectivity index (χ3n) is 4.72. The molecule has 0 radical (unpaired) electrons. The Morgan fingerprint density at radius 1 is 1.07 bits per heavy atom. The summed E-state index contributed by atoms with van der Waals surface area (Å²) in [5.74, 6) is -0.725. The number of ether oxygens (including phenoxy) is 2. The zero-order chi connectivity index (χ0) is 21.8. The molecule has 0 aromatic heterocycles. The summed E-state index contributed by atoms with van der Waals surface area (Å²) in [6.07, 6.45) is 0.608. The lowest BCUT2D eigenvalue weighted by molar-refractivity contribution is -0.119. The van der Waals surface area contributed by atoms with E-state index >= 15 is 0 Å². The summed E-state index contributed by atoms with van der Waals surface area (Å²) in [4.78, 5) is 24.2. The van der Waals surface area contributed by atoms with Gasteiger partial charge in [-0.1, -0.05) is 42.5 Å². The maximum Gasteiger partial charge on any atom is 0.251 e. The van der Waals surface area contributed by atoms with Crippen molar-refractivity contribution in [3.8, 4) is 0 Å². The van der Waals surface area contributed by atoms with Gasteiger partial charge in [-0.25, -0.2) is 0 Å². The molecule has 30 heavy (non-hydrogen) atoms. The highest BCUT2D eigenvalue weighted by Crippen LogP contribution is 2.15. The largest absolute Gasteiger partial charge is 0.392 e. The van der Waals surface area contributed by atoms with Crippen LogP contribution in [0.15, 0.2) is 54.6 Å². The van der Waals surface area contributed by atoms with Crippen LogP contribution >= 0.6 is 0 Å². The Hall–Kier alpha value is -2.74. The number of nitrogens with one attached hydrogen (secondary N) is 1. The molecule has 0 spiro atoms. The highest BCUT2D eigenvalue weighted by molar-refractivity contribution is 5.94. The second kappa shape index (κ2) is 12.7. The molecule has 2 aromatic rings. The number of rotatable bonds is 13. The minimum Gasteiger partial charge on any atom is -0.392 e. The Labute approximate surface area is 177 Å².